The Hall–Kier alpha value is -3.81. The molecule has 0 aliphatic rings. The predicted molar refractivity (Wildman–Crippen MR) is 159 cm³/mol. The van der Waals surface area contributed by atoms with Crippen molar-refractivity contribution < 1.29 is 24.2 Å². The Balaban J connectivity index is 2.60. The van der Waals surface area contributed by atoms with Crippen molar-refractivity contribution in [2.24, 2.45) is 0 Å². The van der Waals surface area contributed by atoms with Gasteiger partial charge in [-0.25, -0.2) is 4.79 Å². The first kappa shape index (κ1) is 32.4. The van der Waals surface area contributed by atoms with E-state index >= 15 is 0 Å². The van der Waals surface area contributed by atoms with E-state index in [1.165, 1.54) is 12.1 Å². The van der Waals surface area contributed by atoms with Crippen molar-refractivity contribution in [1.82, 2.24) is 15.5 Å². The first-order valence-electron chi connectivity index (χ1n) is 13.8. The molecule has 0 heterocycles. The zero-order chi connectivity index (χ0) is 30.1. The van der Waals surface area contributed by atoms with Gasteiger partial charge in [-0.15, -0.1) is 0 Å². The van der Waals surface area contributed by atoms with E-state index in [1.54, 1.807) is 43.9 Å². The van der Waals surface area contributed by atoms with Crippen molar-refractivity contribution in [3.05, 3.63) is 71.8 Å². The highest BCUT2D eigenvalue weighted by molar-refractivity contribution is 5.92. The van der Waals surface area contributed by atoms with Crippen LogP contribution in [0.4, 0.5) is 4.79 Å². The second-order valence-corrected chi connectivity index (χ2v) is 12.0. The smallest absolute Gasteiger partial charge is 0.408 e. The van der Waals surface area contributed by atoms with Crippen LogP contribution in [0.3, 0.4) is 0 Å². The van der Waals surface area contributed by atoms with Crippen LogP contribution < -0.4 is 10.6 Å². The summed E-state index contributed by atoms with van der Waals surface area (Å²) in [5.41, 5.74) is 0.890. The summed E-state index contributed by atoms with van der Waals surface area (Å²) in [6.07, 6.45) is 2.56. The van der Waals surface area contributed by atoms with Gasteiger partial charge in [0.15, 0.2) is 0 Å². The van der Waals surface area contributed by atoms with Crippen LogP contribution in [0.2, 0.25) is 0 Å². The molecule has 3 amide bonds. The largest absolute Gasteiger partial charge is 0.508 e. The summed E-state index contributed by atoms with van der Waals surface area (Å²) in [6.45, 7) is 17.1. The Bertz CT molecular complexity index is 1160. The molecular weight excluding hydrogens is 506 g/mol. The van der Waals surface area contributed by atoms with E-state index in [9.17, 15) is 19.5 Å². The minimum absolute atomic E-state index is 0.0947. The third kappa shape index (κ3) is 10.4. The van der Waals surface area contributed by atoms with Gasteiger partial charge in [0.05, 0.1) is 0 Å². The minimum atomic E-state index is -1.02. The number of alkyl carbamates (subject to hydrolysis) is 1. The van der Waals surface area contributed by atoms with Gasteiger partial charge >= 0.3 is 6.09 Å². The minimum Gasteiger partial charge on any atom is -0.508 e. The number of unbranched alkanes of at least 4 members (excludes halogenated alkanes) is 1. The van der Waals surface area contributed by atoms with E-state index in [0.29, 0.717) is 18.5 Å². The molecule has 2 aromatic rings. The summed E-state index contributed by atoms with van der Waals surface area (Å²) in [7, 11) is 0. The molecule has 0 fully saturated rings. The number of nitrogens with one attached hydrogen (secondary N) is 2. The highest BCUT2D eigenvalue weighted by atomic mass is 16.6. The van der Waals surface area contributed by atoms with Gasteiger partial charge in [-0.05, 0) is 82.9 Å². The van der Waals surface area contributed by atoms with Crippen LogP contribution in [0, 0.1) is 0 Å². The maximum Gasteiger partial charge on any atom is 0.408 e. The number of nitrogens with zero attached hydrogens (tertiary/aromatic N) is 1. The summed E-state index contributed by atoms with van der Waals surface area (Å²) in [4.78, 5) is 42.6. The maximum absolute atomic E-state index is 14.4. The van der Waals surface area contributed by atoms with Crippen LogP contribution in [0.5, 0.6) is 5.75 Å². The number of hydrogen-bond donors (Lipinski definition) is 3. The molecule has 0 spiro atoms. The third-order valence-corrected chi connectivity index (χ3v) is 5.92. The molecule has 0 bridgehead atoms. The number of ether oxygens (including phenoxy) is 1. The van der Waals surface area contributed by atoms with Gasteiger partial charge in [-0.2, -0.15) is 0 Å². The summed E-state index contributed by atoms with van der Waals surface area (Å²) >= 11 is 0. The summed E-state index contributed by atoms with van der Waals surface area (Å²) in [5.74, 6) is -0.637. The average Bonchev–Trinajstić information content (AvgIpc) is 2.84. The van der Waals surface area contributed by atoms with Gasteiger partial charge in [-0.1, -0.05) is 56.3 Å². The lowest BCUT2D eigenvalue weighted by Crippen LogP contribution is -2.55. The molecule has 0 radical (unpaired) electrons. The second kappa shape index (κ2) is 14.0. The average molecular weight is 552 g/mol. The second-order valence-electron chi connectivity index (χ2n) is 12.0. The number of carbonyl (C=O) groups excluding carboxylic acids is 3. The van der Waals surface area contributed by atoms with Crippen molar-refractivity contribution in [2.75, 3.05) is 6.54 Å². The number of carbonyl (C=O) groups is 3. The third-order valence-electron chi connectivity index (χ3n) is 5.92. The van der Waals surface area contributed by atoms with Gasteiger partial charge in [0.25, 0.3) is 0 Å². The molecule has 0 aromatic heterocycles. The van der Waals surface area contributed by atoms with Crippen molar-refractivity contribution in [2.45, 2.75) is 91.0 Å². The topological polar surface area (TPSA) is 108 Å². The highest BCUT2D eigenvalue weighted by Crippen LogP contribution is 2.26. The Morgan fingerprint density at radius 3 is 2.25 bits per heavy atom. The lowest BCUT2D eigenvalue weighted by Gasteiger charge is -2.36. The van der Waals surface area contributed by atoms with Crippen LogP contribution in [-0.4, -0.2) is 51.6 Å². The van der Waals surface area contributed by atoms with Gasteiger partial charge in [0.1, 0.15) is 23.4 Å². The Morgan fingerprint density at radius 2 is 1.70 bits per heavy atom. The van der Waals surface area contributed by atoms with Crippen LogP contribution in [0.25, 0.3) is 6.08 Å². The zero-order valence-electron chi connectivity index (χ0n) is 24.9. The zero-order valence-corrected chi connectivity index (χ0v) is 24.9. The normalized spacial score (nSPS) is 13.1. The molecule has 8 nitrogen and oxygen atoms in total. The van der Waals surface area contributed by atoms with Crippen molar-refractivity contribution >= 4 is 24.0 Å². The molecule has 8 heteroatoms. The first-order chi connectivity index (χ1) is 18.6. The molecule has 2 aromatic carbocycles. The van der Waals surface area contributed by atoms with Gasteiger partial charge in [0.2, 0.25) is 11.8 Å². The molecule has 0 aliphatic heterocycles. The predicted octanol–water partition coefficient (Wildman–Crippen LogP) is 5.76. The van der Waals surface area contributed by atoms with Gasteiger partial charge < -0.3 is 25.4 Å². The van der Waals surface area contributed by atoms with Gasteiger partial charge in [0, 0.05) is 18.5 Å². The molecule has 0 saturated heterocycles. The standard InChI is InChI=1S/C32H45N3O5/c1-9-11-19-35(27(28(37)34-31(3,4)5)24-14-12-13-22(10-2)20-24)29(38)26(33-30(39)40-32(6,7)8)21-23-15-17-25(36)18-16-23/h10,12-18,20,26-27,36H,2,9,11,19,21H2,1,3-8H3,(H,33,39)(H,34,37). The van der Waals surface area contributed by atoms with Crippen molar-refractivity contribution in [1.29, 1.82) is 0 Å². The number of benzene rings is 2. The number of phenols is 1. The number of rotatable bonds is 11. The highest BCUT2D eigenvalue weighted by Gasteiger charge is 2.37. The van der Waals surface area contributed by atoms with Crippen LogP contribution in [0.15, 0.2) is 55.1 Å². The monoisotopic (exact) mass is 551 g/mol. The Morgan fingerprint density at radius 1 is 1.05 bits per heavy atom. The Labute approximate surface area is 238 Å². The molecule has 2 atom stereocenters. The van der Waals surface area contributed by atoms with Crippen molar-refractivity contribution in [3.63, 3.8) is 0 Å². The summed E-state index contributed by atoms with van der Waals surface area (Å²) < 4.78 is 5.47. The fourth-order valence-electron chi connectivity index (χ4n) is 4.18. The van der Waals surface area contributed by atoms with E-state index in [-0.39, 0.29) is 18.1 Å². The SMILES string of the molecule is C=Cc1cccc(C(C(=O)NC(C)(C)C)N(CCCC)C(=O)C(Cc2ccc(O)cc2)NC(=O)OC(C)(C)C)c1. The van der Waals surface area contributed by atoms with E-state index in [0.717, 1.165) is 17.5 Å². The molecule has 0 aliphatic carbocycles. The van der Waals surface area contributed by atoms with Crippen LogP contribution in [-0.2, 0) is 20.7 Å². The van der Waals surface area contributed by atoms with Crippen LogP contribution >= 0.6 is 0 Å². The Kier molecular flexibility index (Phi) is 11.3. The summed E-state index contributed by atoms with van der Waals surface area (Å²) in [6, 6.07) is 11.9. The first-order valence-corrected chi connectivity index (χ1v) is 13.8. The van der Waals surface area contributed by atoms with E-state index in [1.807, 2.05) is 52.0 Å². The van der Waals surface area contributed by atoms with E-state index in [4.69, 9.17) is 4.74 Å². The molecule has 2 rings (SSSR count). The van der Waals surface area contributed by atoms with E-state index < -0.39 is 35.2 Å². The number of aromatic hydroxyl groups is 1. The fourth-order valence-corrected chi connectivity index (χ4v) is 4.18. The number of hydrogen-bond acceptors (Lipinski definition) is 5. The van der Waals surface area contributed by atoms with Crippen molar-refractivity contribution in [3.8, 4) is 5.75 Å². The molecule has 218 valence electrons. The lowest BCUT2D eigenvalue weighted by atomic mass is 9.97. The quantitative estimate of drug-likeness (QED) is 0.329. The molecule has 40 heavy (non-hydrogen) atoms. The number of phenolic OH excluding ortho intramolecular Hbond substituents is 1. The fraction of sp³-hybridized carbons (Fsp3) is 0.469. The van der Waals surface area contributed by atoms with Gasteiger partial charge in [-0.3, -0.25) is 9.59 Å². The van der Waals surface area contributed by atoms with E-state index in [2.05, 4.69) is 17.2 Å². The number of amides is 3. The van der Waals surface area contributed by atoms with Crippen LogP contribution in [0.1, 0.15) is 84.0 Å². The molecule has 3 N–H and O–H groups in total. The molecule has 2 unspecified atom stereocenters. The molecule has 0 saturated carbocycles. The summed E-state index contributed by atoms with van der Waals surface area (Å²) in [5, 5.41) is 15.5. The lowest BCUT2D eigenvalue weighted by molar-refractivity contribution is -0.143. The molecular formula is C32H45N3O5. The maximum atomic E-state index is 14.4.